The van der Waals surface area contributed by atoms with E-state index in [1.807, 2.05) is 14.0 Å². The van der Waals surface area contributed by atoms with Crippen LogP contribution in [0.4, 0.5) is 5.69 Å². The van der Waals surface area contributed by atoms with Gasteiger partial charge in [0.15, 0.2) is 0 Å². The van der Waals surface area contributed by atoms with Crippen LogP contribution in [0.15, 0.2) is 24.3 Å². The lowest BCUT2D eigenvalue weighted by Crippen LogP contribution is -2.18. The van der Waals surface area contributed by atoms with Gasteiger partial charge in [-0.2, -0.15) is 0 Å². The molecule has 19 heavy (non-hydrogen) atoms. The Morgan fingerprint density at radius 1 is 1.21 bits per heavy atom. The summed E-state index contributed by atoms with van der Waals surface area (Å²) in [5, 5.41) is 3.12. The first kappa shape index (κ1) is 15.5. The fourth-order valence-corrected chi connectivity index (χ4v) is 2.37. The average Bonchev–Trinajstić information content (AvgIpc) is 2.43. The molecule has 1 aromatic carbocycles. The highest BCUT2D eigenvalue weighted by Gasteiger charge is 2.23. The Labute approximate surface area is 116 Å². The summed E-state index contributed by atoms with van der Waals surface area (Å²) in [6.45, 7) is 6.32. The third-order valence-electron chi connectivity index (χ3n) is 3.64. The number of methoxy groups -OCH3 is 1. The Balaban J connectivity index is 2.84. The Morgan fingerprint density at radius 2 is 1.79 bits per heavy atom. The summed E-state index contributed by atoms with van der Waals surface area (Å²) in [5.41, 5.74) is 2.39. The van der Waals surface area contributed by atoms with Gasteiger partial charge in [0.05, 0.1) is 13.0 Å². The molecule has 0 aliphatic carbocycles. The lowest BCUT2D eigenvalue weighted by molar-refractivity contribution is -0.145. The Bertz CT molecular complexity index is 398. The summed E-state index contributed by atoms with van der Waals surface area (Å²) in [4.78, 5) is 11.6. The van der Waals surface area contributed by atoms with Crippen LogP contribution in [-0.2, 0) is 9.53 Å². The molecule has 3 nitrogen and oxygen atoms in total. The van der Waals surface area contributed by atoms with E-state index < -0.39 is 0 Å². The minimum atomic E-state index is -0.127. The molecule has 1 N–H and O–H groups in total. The van der Waals surface area contributed by atoms with Crippen LogP contribution in [0.5, 0.6) is 0 Å². The van der Waals surface area contributed by atoms with Gasteiger partial charge in [-0.1, -0.05) is 32.9 Å². The molecule has 2 atom stereocenters. The normalized spacial score (nSPS) is 14.0. The zero-order valence-corrected chi connectivity index (χ0v) is 12.6. The Morgan fingerprint density at radius 3 is 2.21 bits per heavy atom. The highest BCUT2D eigenvalue weighted by molar-refractivity contribution is 5.71. The lowest BCUT2D eigenvalue weighted by atomic mass is 9.82. The van der Waals surface area contributed by atoms with E-state index in [1.165, 1.54) is 12.7 Å². The summed E-state index contributed by atoms with van der Waals surface area (Å²) in [5.74, 6) is 0.673. The van der Waals surface area contributed by atoms with E-state index in [-0.39, 0.29) is 11.9 Å². The fraction of sp³-hybridized carbons (Fsp3) is 0.562. The van der Waals surface area contributed by atoms with Crippen molar-refractivity contribution in [1.29, 1.82) is 0 Å². The number of carbonyl (C=O) groups is 1. The number of nitrogens with one attached hydrogen (secondary N) is 1. The number of benzene rings is 1. The molecule has 1 aromatic rings. The molecule has 0 aliphatic rings. The molecule has 2 unspecified atom stereocenters. The van der Waals surface area contributed by atoms with Gasteiger partial charge in [0, 0.05) is 12.7 Å². The number of rotatable bonds is 6. The van der Waals surface area contributed by atoms with Gasteiger partial charge in [-0.25, -0.2) is 0 Å². The Kier molecular flexibility index (Phi) is 5.87. The molecule has 0 saturated heterocycles. The second-order valence-corrected chi connectivity index (χ2v) is 5.38. The first-order chi connectivity index (χ1) is 8.99. The van der Waals surface area contributed by atoms with E-state index in [1.54, 1.807) is 0 Å². The highest BCUT2D eigenvalue weighted by atomic mass is 16.5. The van der Waals surface area contributed by atoms with Crippen LogP contribution in [0, 0.1) is 11.8 Å². The van der Waals surface area contributed by atoms with Crippen molar-refractivity contribution in [2.45, 2.75) is 33.1 Å². The summed E-state index contributed by atoms with van der Waals surface area (Å²) >= 11 is 0. The molecule has 0 aromatic heterocycles. The van der Waals surface area contributed by atoms with Gasteiger partial charge >= 0.3 is 5.97 Å². The summed E-state index contributed by atoms with van der Waals surface area (Å²) in [7, 11) is 3.36. The molecule has 0 spiro atoms. The van der Waals surface area contributed by atoms with Crippen molar-refractivity contribution in [3.63, 3.8) is 0 Å². The van der Waals surface area contributed by atoms with E-state index in [2.05, 4.69) is 43.4 Å². The maximum atomic E-state index is 11.6. The van der Waals surface area contributed by atoms with E-state index in [0.29, 0.717) is 11.8 Å². The van der Waals surface area contributed by atoms with Gasteiger partial charge in [-0.15, -0.1) is 0 Å². The van der Waals surface area contributed by atoms with Crippen molar-refractivity contribution in [2.24, 2.45) is 11.8 Å². The molecule has 0 bridgehead atoms. The first-order valence-corrected chi connectivity index (χ1v) is 6.85. The molecular formula is C16H25NO2. The van der Waals surface area contributed by atoms with Gasteiger partial charge in [-0.3, -0.25) is 4.79 Å². The van der Waals surface area contributed by atoms with Crippen LogP contribution in [0.1, 0.15) is 38.7 Å². The van der Waals surface area contributed by atoms with Crippen LogP contribution in [0.2, 0.25) is 0 Å². The van der Waals surface area contributed by atoms with Gasteiger partial charge in [0.2, 0.25) is 0 Å². The van der Waals surface area contributed by atoms with E-state index in [4.69, 9.17) is 4.74 Å². The van der Waals surface area contributed by atoms with Gasteiger partial charge in [0.25, 0.3) is 0 Å². The fourth-order valence-electron chi connectivity index (χ4n) is 2.37. The number of hydrogen-bond acceptors (Lipinski definition) is 3. The monoisotopic (exact) mass is 263 g/mol. The van der Waals surface area contributed by atoms with Crippen molar-refractivity contribution in [1.82, 2.24) is 0 Å². The zero-order valence-electron chi connectivity index (χ0n) is 12.6. The van der Waals surface area contributed by atoms with Gasteiger partial charge in [-0.05, 0) is 36.0 Å². The van der Waals surface area contributed by atoms with Gasteiger partial charge < -0.3 is 10.1 Å². The maximum absolute atomic E-state index is 11.6. The number of esters is 1. The third kappa shape index (κ3) is 4.27. The molecular weight excluding hydrogens is 238 g/mol. The van der Waals surface area contributed by atoms with E-state index in [0.717, 1.165) is 12.1 Å². The SMILES string of the molecule is CNc1ccc(C(CC(C)C(=O)OC)C(C)C)cc1. The topological polar surface area (TPSA) is 38.3 Å². The number of ether oxygens (including phenoxy) is 1. The minimum absolute atomic E-state index is 0.0682. The molecule has 1 rings (SSSR count). The Hall–Kier alpha value is -1.51. The minimum Gasteiger partial charge on any atom is -0.469 e. The molecule has 0 aliphatic heterocycles. The number of anilines is 1. The maximum Gasteiger partial charge on any atom is 0.308 e. The second kappa shape index (κ2) is 7.17. The lowest BCUT2D eigenvalue weighted by Gasteiger charge is -2.24. The molecule has 0 fully saturated rings. The predicted molar refractivity (Wildman–Crippen MR) is 79.4 cm³/mol. The van der Waals surface area contributed by atoms with Gasteiger partial charge in [0.1, 0.15) is 0 Å². The third-order valence-corrected chi connectivity index (χ3v) is 3.64. The summed E-state index contributed by atoms with van der Waals surface area (Å²) in [6, 6.07) is 8.43. The molecule has 0 amide bonds. The summed E-state index contributed by atoms with van der Waals surface area (Å²) < 4.78 is 4.82. The molecule has 0 radical (unpaired) electrons. The number of carbonyl (C=O) groups excluding carboxylic acids is 1. The van der Waals surface area contributed by atoms with E-state index >= 15 is 0 Å². The average molecular weight is 263 g/mol. The van der Waals surface area contributed by atoms with Crippen molar-refractivity contribution in [3.8, 4) is 0 Å². The molecule has 106 valence electrons. The van der Waals surface area contributed by atoms with Crippen LogP contribution >= 0.6 is 0 Å². The van der Waals surface area contributed by atoms with E-state index in [9.17, 15) is 4.79 Å². The molecule has 3 heteroatoms. The van der Waals surface area contributed by atoms with Crippen LogP contribution in [0.3, 0.4) is 0 Å². The van der Waals surface area contributed by atoms with Crippen molar-refractivity contribution in [2.75, 3.05) is 19.5 Å². The van der Waals surface area contributed by atoms with Crippen LogP contribution in [-0.4, -0.2) is 20.1 Å². The van der Waals surface area contributed by atoms with Crippen molar-refractivity contribution in [3.05, 3.63) is 29.8 Å². The quantitative estimate of drug-likeness (QED) is 0.796. The second-order valence-electron chi connectivity index (χ2n) is 5.38. The highest BCUT2D eigenvalue weighted by Crippen LogP contribution is 2.32. The first-order valence-electron chi connectivity index (χ1n) is 6.85. The largest absolute Gasteiger partial charge is 0.469 e. The smallest absolute Gasteiger partial charge is 0.308 e. The number of hydrogen-bond donors (Lipinski definition) is 1. The molecule has 0 heterocycles. The zero-order chi connectivity index (χ0) is 14.4. The van der Waals surface area contributed by atoms with Crippen molar-refractivity contribution < 1.29 is 9.53 Å². The van der Waals surface area contributed by atoms with Crippen molar-refractivity contribution >= 4 is 11.7 Å². The predicted octanol–water partition coefficient (Wildman–Crippen LogP) is 3.67. The standard InChI is InChI=1S/C16H25NO2/c1-11(2)15(10-12(3)16(18)19-5)13-6-8-14(17-4)9-7-13/h6-9,11-12,15,17H,10H2,1-5H3. The molecule has 0 saturated carbocycles. The summed E-state index contributed by atoms with van der Waals surface area (Å²) in [6.07, 6.45) is 0.823. The van der Waals surface area contributed by atoms with Crippen LogP contribution < -0.4 is 5.32 Å². The van der Waals surface area contributed by atoms with Crippen LogP contribution in [0.25, 0.3) is 0 Å².